The van der Waals surface area contributed by atoms with Crippen LogP contribution in [0.4, 0.5) is 5.69 Å². The third-order valence-electron chi connectivity index (χ3n) is 1.83. The van der Waals surface area contributed by atoms with Gasteiger partial charge in [-0.05, 0) is 18.6 Å². The number of aryl methyl sites for hydroxylation is 1. The molecule has 1 rings (SSSR count). The highest BCUT2D eigenvalue weighted by Gasteiger charge is 2.13. The van der Waals surface area contributed by atoms with Crippen molar-refractivity contribution in [3.8, 4) is 0 Å². The predicted molar refractivity (Wildman–Crippen MR) is 52.2 cm³/mol. The first-order valence-electron chi connectivity index (χ1n) is 3.77. The van der Waals surface area contributed by atoms with Crippen LogP contribution in [0.1, 0.15) is 5.56 Å². The summed E-state index contributed by atoms with van der Waals surface area (Å²) in [5.41, 5.74) is 1.51. The fourth-order valence-electron chi connectivity index (χ4n) is 0.998. The van der Waals surface area contributed by atoms with Gasteiger partial charge in [0.1, 0.15) is 0 Å². The zero-order valence-corrected chi connectivity index (χ0v) is 8.67. The van der Waals surface area contributed by atoms with Gasteiger partial charge in [0.05, 0.1) is 11.9 Å². The molecular weight excluding hydrogens is 188 g/mol. The average Bonchev–Trinajstić information content (AvgIpc) is 2.02. The Kier molecular flexibility index (Phi) is 2.56. The molecule has 0 saturated carbocycles. The molecule has 0 amide bonds. The van der Waals surface area contributed by atoms with Gasteiger partial charge in [0.25, 0.3) is 0 Å². The van der Waals surface area contributed by atoms with E-state index >= 15 is 0 Å². The van der Waals surface area contributed by atoms with Crippen molar-refractivity contribution in [2.24, 2.45) is 0 Å². The Balaban J connectivity index is 3.17. The van der Waals surface area contributed by atoms with Crippen LogP contribution in [0.15, 0.2) is 18.5 Å². The number of anilines is 1. The lowest BCUT2D eigenvalue weighted by Gasteiger charge is -2.17. The van der Waals surface area contributed by atoms with E-state index in [2.05, 4.69) is 4.98 Å². The molecule has 1 heterocycles. The number of nitrogens with zero attached hydrogens (tertiary/aromatic N) is 2. The van der Waals surface area contributed by atoms with E-state index in [1.807, 2.05) is 6.92 Å². The molecule has 0 atom stereocenters. The van der Waals surface area contributed by atoms with Crippen LogP contribution in [0.25, 0.3) is 0 Å². The van der Waals surface area contributed by atoms with E-state index < -0.39 is 10.0 Å². The maximum Gasteiger partial charge on any atom is 0.232 e. The first-order valence-corrected chi connectivity index (χ1v) is 5.62. The van der Waals surface area contributed by atoms with Crippen LogP contribution in [0.2, 0.25) is 0 Å². The van der Waals surface area contributed by atoms with Gasteiger partial charge in [-0.3, -0.25) is 9.29 Å². The molecule has 5 heteroatoms. The van der Waals surface area contributed by atoms with Crippen molar-refractivity contribution in [2.45, 2.75) is 6.92 Å². The second kappa shape index (κ2) is 3.33. The van der Waals surface area contributed by atoms with Gasteiger partial charge < -0.3 is 0 Å². The Labute approximate surface area is 78.3 Å². The summed E-state index contributed by atoms with van der Waals surface area (Å²) in [6.07, 6.45) is 4.38. The van der Waals surface area contributed by atoms with E-state index in [-0.39, 0.29) is 0 Å². The molecule has 1 aromatic rings. The number of hydrogen-bond donors (Lipinski definition) is 0. The molecule has 1 aromatic heterocycles. The number of sulfonamides is 1. The maximum absolute atomic E-state index is 11.2. The minimum atomic E-state index is -3.17. The number of pyridine rings is 1. The fraction of sp³-hybridized carbons (Fsp3) is 0.375. The molecule has 0 aromatic carbocycles. The highest BCUT2D eigenvalue weighted by atomic mass is 32.2. The topological polar surface area (TPSA) is 50.3 Å². The SMILES string of the molecule is Cc1cnccc1N(C)S(C)(=O)=O. The highest BCUT2D eigenvalue weighted by molar-refractivity contribution is 7.92. The van der Waals surface area contributed by atoms with E-state index in [0.717, 1.165) is 5.56 Å². The third kappa shape index (κ3) is 2.18. The molecule has 0 aliphatic rings. The first-order chi connectivity index (χ1) is 5.93. The monoisotopic (exact) mass is 200 g/mol. The van der Waals surface area contributed by atoms with E-state index in [1.54, 1.807) is 18.5 Å². The molecule has 0 fully saturated rings. The van der Waals surface area contributed by atoms with Crippen LogP contribution in [0, 0.1) is 6.92 Å². The summed E-state index contributed by atoms with van der Waals surface area (Å²) in [5.74, 6) is 0. The molecule has 0 unspecified atom stereocenters. The van der Waals surface area contributed by atoms with Crippen molar-refractivity contribution in [3.05, 3.63) is 24.0 Å². The lowest BCUT2D eigenvalue weighted by molar-refractivity contribution is 0.600. The summed E-state index contributed by atoms with van der Waals surface area (Å²) in [7, 11) is -1.65. The van der Waals surface area contributed by atoms with Gasteiger partial charge in [0.15, 0.2) is 0 Å². The Morgan fingerprint density at radius 3 is 2.54 bits per heavy atom. The molecule has 13 heavy (non-hydrogen) atoms. The van der Waals surface area contributed by atoms with Crippen LogP contribution < -0.4 is 4.31 Å². The van der Waals surface area contributed by atoms with Crippen molar-refractivity contribution in [1.82, 2.24) is 4.98 Å². The zero-order valence-electron chi connectivity index (χ0n) is 7.85. The number of aromatic nitrogens is 1. The molecule has 0 N–H and O–H groups in total. The van der Waals surface area contributed by atoms with E-state index in [4.69, 9.17) is 0 Å². The van der Waals surface area contributed by atoms with Gasteiger partial charge in [-0.1, -0.05) is 0 Å². The molecule has 72 valence electrons. The lowest BCUT2D eigenvalue weighted by atomic mass is 10.3. The van der Waals surface area contributed by atoms with Crippen LogP contribution >= 0.6 is 0 Å². The predicted octanol–water partition coefficient (Wildman–Crippen LogP) is 0.786. The largest absolute Gasteiger partial charge is 0.273 e. The summed E-state index contributed by atoms with van der Waals surface area (Å²) in [4.78, 5) is 3.89. The van der Waals surface area contributed by atoms with Crippen molar-refractivity contribution in [3.63, 3.8) is 0 Å². The van der Waals surface area contributed by atoms with E-state index in [9.17, 15) is 8.42 Å². The Bertz CT molecular complexity index is 400. The van der Waals surface area contributed by atoms with Gasteiger partial charge in [-0.2, -0.15) is 0 Å². The normalized spacial score (nSPS) is 11.3. The second-order valence-electron chi connectivity index (χ2n) is 2.89. The number of rotatable bonds is 2. The highest BCUT2D eigenvalue weighted by Crippen LogP contribution is 2.18. The van der Waals surface area contributed by atoms with Crippen LogP contribution in [-0.2, 0) is 10.0 Å². The van der Waals surface area contributed by atoms with Crippen LogP contribution in [0.3, 0.4) is 0 Å². The van der Waals surface area contributed by atoms with Gasteiger partial charge in [0.2, 0.25) is 10.0 Å². The molecular formula is C8H12N2O2S. The van der Waals surface area contributed by atoms with E-state index in [0.29, 0.717) is 5.69 Å². The minimum Gasteiger partial charge on any atom is -0.273 e. The zero-order chi connectivity index (χ0) is 10.1. The summed E-state index contributed by atoms with van der Waals surface area (Å²) in [5, 5.41) is 0. The average molecular weight is 200 g/mol. The molecule has 0 spiro atoms. The summed E-state index contributed by atoms with van der Waals surface area (Å²) in [6, 6.07) is 1.68. The standard InChI is InChI=1S/C8H12N2O2S/c1-7-6-9-5-4-8(7)10(2)13(3,11)12/h4-6H,1-3H3. The lowest BCUT2D eigenvalue weighted by Crippen LogP contribution is -2.25. The Morgan fingerprint density at radius 2 is 2.08 bits per heavy atom. The van der Waals surface area contributed by atoms with Gasteiger partial charge in [-0.15, -0.1) is 0 Å². The third-order valence-corrected chi connectivity index (χ3v) is 3.02. The molecule has 0 aliphatic carbocycles. The summed E-state index contributed by atoms with van der Waals surface area (Å²) in [6.45, 7) is 1.82. The fourth-order valence-corrected chi connectivity index (χ4v) is 1.56. The minimum absolute atomic E-state index is 0.664. The molecule has 4 nitrogen and oxygen atoms in total. The Morgan fingerprint density at radius 1 is 1.46 bits per heavy atom. The van der Waals surface area contributed by atoms with E-state index in [1.165, 1.54) is 17.6 Å². The Hall–Kier alpha value is -1.10. The van der Waals surface area contributed by atoms with Crippen LogP contribution in [0.5, 0.6) is 0 Å². The van der Waals surface area contributed by atoms with Crippen molar-refractivity contribution in [2.75, 3.05) is 17.6 Å². The van der Waals surface area contributed by atoms with Gasteiger partial charge in [-0.25, -0.2) is 8.42 Å². The maximum atomic E-state index is 11.2. The molecule has 0 aliphatic heterocycles. The first kappa shape index (κ1) is 9.98. The molecule has 0 bridgehead atoms. The van der Waals surface area contributed by atoms with Crippen molar-refractivity contribution in [1.29, 1.82) is 0 Å². The van der Waals surface area contributed by atoms with Gasteiger partial charge >= 0.3 is 0 Å². The van der Waals surface area contributed by atoms with Crippen molar-refractivity contribution >= 4 is 15.7 Å². The summed E-state index contributed by atoms with van der Waals surface area (Å²) >= 11 is 0. The smallest absolute Gasteiger partial charge is 0.232 e. The van der Waals surface area contributed by atoms with Crippen molar-refractivity contribution < 1.29 is 8.42 Å². The molecule has 0 radical (unpaired) electrons. The van der Waals surface area contributed by atoms with Gasteiger partial charge in [0, 0.05) is 19.4 Å². The second-order valence-corrected chi connectivity index (χ2v) is 4.91. The summed E-state index contributed by atoms with van der Waals surface area (Å²) < 4.78 is 23.6. The quantitative estimate of drug-likeness (QED) is 0.709. The number of hydrogen-bond acceptors (Lipinski definition) is 3. The molecule has 0 saturated heterocycles. The van der Waals surface area contributed by atoms with Crippen LogP contribution in [-0.4, -0.2) is 26.7 Å².